The Labute approximate surface area is 112 Å². The molecule has 5 heteroatoms. The van der Waals surface area contributed by atoms with Crippen LogP contribution >= 0.6 is 0 Å². The van der Waals surface area contributed by atoms with Crippen molar-refractivity contribution >= 4 is 11.0 Å². The number of aromatic nitrogens is 4. The Bertz CT molecular complexity index is 624. The average Bonchev–Trinajstić information content (AvgIpc) is 3.10. The first kappa shape index (κ1) is 12.4. The van der Waals surface area contributed by atoms with Crippen LogP contribution in [0.5, 0.6) is 0 Å². The van der Waals surface area contributed by atoms with Crippen molar-refractivity contribution in [3.8, 4) is 0 Å². The molecule has 1 aliphatic carbocycles. The number of nitrogens with one attached hydrogen (secondary N) is 1. The standard InChI is InChI=1S/C14H20N4O/c1-2-3-4-7-18-13-11(9-15-18)14(19)17-12(16-13)8-10-5-6-10/h9-10H,2-8H2,1H3,(H,16,17,19). The van der Waals surface area contributed by atoms with Gasteiger partial charge in [-0.25, -0.2) is 9.67 Å². The van der Waals surface area contributed by atoms with Crippen LogP contribution in [-0.4, -0.2) is 19.7 Å². The summed E-state index contributed by atoms with van der Waals surface area (Å²) in [5.74, 6) is 1.54. The van der Waals surface area contributed by atoms with Crippen molar-refractivity contribution in [2.45, 2.75) is 52.0 Å². The van der Waals surface area contributed by atoms with E-state index in [1.807, 2.05) is 4.68 Å². The number of rotatable bonds is 6. The molecular formula is C14H20N4O. The molecule has 0 unspecified atom stereocenters. The van der Waals surface area contributed by atoms with Crippen molar-refractivity contribution in [2.75, 3.05) is 0 Å². The van der Waals surface area contributed by atoms with E-state index in [9.17, 15) is 4.79 Å². The van der Waals surface area contributed by atoms with Crippen LogP contribution in [0, 0.1) is 5.92 Å². The Balaban J connectivity index is 1.89. The molecule has 0 spiro atoms. The van der Waals surface area contributed by atoms with Gasteiger partial charge in [0, 0.05) is 13.0 Å². The van der Waals surface area contributed by atoms with Gasteiger partial charge in [-0.15, -0.1) is 0 Å². The van der Waals surface area contributed by atoms with E-state index >= 15 is 0 Å². The monoisotopic (exact) mass is 260 g/mol. The van der Waals surface area contributed by atoms with Crippen LogP contribution < -0.4 is 5.56 Å². The highest BCUT2D eigenvalue weighted by atomic mass is 16.1. The number of fused-ring (bicyclic) bond motifs is 1. The minimum atomic E-state index is -0.0533. The Morgan fingerprint density at radius 3 is 3.00 bits per heavy atom. The summed E-state index contributed by atoms with van der Waals surface area (Å²) in [7, 11) is 0. The molecule has 1 saturated carbocycles. The minimum Gasteiger partial charge on any atom is -0.310 e. The molecule has 2 aromatic rings. The molecule has 2 heterocycles. The molecule has 0 aromatic carbocycles. The Morgan fingerprint density at radius 2 is 2.26 bits per heavy atom. The SMILES string of the molecule is CCCCCn1ncc2c(=O)[nH]c(CC3CC3)nc21. The third-order valence-electron chi connectivity index (χ3n) is 3.71. The van der Waals surface area contributed by atoms with Crippen LogP contribution in [0.25, 0.3) is 11.0 Å². The highest BCUT2D eigenvalue weighted by Gasteiger charge is 2.23. The van der Waals surface area contributed by atoms with Gasteiger partial charge >= 0.3 is 0 Å². The lowest BCUT2D eigenvalue weighted by atomic mass is 10.2. The molecule has 3 rings (SSSR count). The summed E-state index contributed by atoms with van der Waals surface area (Å²) >= 11 is 0. The van der Waals surface area contributed by atoms with Gasteiger partial charge in [0.2, 0.25) is 0 Å². The van der Waals surface area contributed by atoms with Gasteiger partial charge in [-0.2, -0.15) is 5.10 Å². The van der Waals surface area contributed by atoms with Crippen LogP contribution in [0.1, 0.15) is 44.9 Å². The second kappa shape index (κ2) is 5.15. The van der Waals surface area contributed by atoms with Gasteiger partial charge in [0.1, 0.15) is 11.2 Å². The zero-order valence-electron chi connectivity index (χ0n) is 11.4. The topological polar surface area (TPSA) is 63.6 Å². The number of hydrogen-bond donors (Lipinski definition) is 1. The molecular weight excluding hydrogens is 240 g/mol. The molecule has 102 valence electrons. The molecule has 1 N–H and O–H groups in total. The maximum absolute atomic E-state index is 12.0. The van der Waals surface area contributed by atoms with Crippen molar-refractivity contribution in [3.05, 3.63) is 22.4 Å². The molecule has 0 atom stereocenters. The van der Waals surface area contributed by atoms with E-state index in [1.165, 1.54) is 25.7 Å². The van der Waals surface area contributed by atoms with E-state index in [0.717, 1.165) is 36.8 Å². The lowest BCUT2D eigenvalue weighted by Gasteiger charge is -2.03. The van der Waals surface area contributed by atoms with Gasteiger partial charge in [-0.05, 0) is 25.2 Å². The lowest BCUT2D eigenvalue weighted by Crippen LogP contribution is -2.13. The molecule has 0 aliphatic heterocycles. The molecule has 1 fully saturated rings. The third-order valence-corrected chi connectivity index (χ3v) is 3.71. The summed E-state index contributed by atoms with van der Waals surface area (Å²) in [4.78, 5) is 19.5. The summed E-state index contributed by atoms with van der Waals surface area (Å²) in [6.07, 6.45) is 8.49. The molecule has 0 saturated heterocycles. The number of nitrogens with zero attached hydrogens (tertiary/aromatic N) is 3. The Hall–Kier alpha value is -1.65. The molecule has 2 aromatic heterocycles. The van der Waals surface area contributed by atoms with Gasteiger partial charge in [0.25, 0.3) is 5.56 Å². The second-order valence-electron chi connectivity index (χ2n) is 5.47. The zero-order chi connectivity index (χ0) is 13.2. The highest BCUT2D eigenvalue weighted by Crippen LogP contribution is 2.31. The van der Waals surface area contributed by atoms with E-state index in [4.69, 9.17) is 0 Å². The normalized spacial score (nSPS) is 15.2. The second-order valence-corrected chi connectivity index (χ2v) is 5.47. The number of H-pyrrole nitrogens is 1. The summed E-state index contributed by atoms with van der Waals surface area (Å²) in [6.45, 7) is 3.02. The predicted molar refractivity (Wildman–Crippen MR) is 74.1 cm³/mol. The van der Waals surface area contributed by atoms with Crippen molar-refractivity contribution in [1.82, 2.24) is 19.7 Å². The van der Waals surface area contributed by atoms with Gasteiger partial charge in [0.15, 0.2) is 5.65 Å². The van der Waals surface area contributed by atoms with Crippen LogP contribution in [0.4, 0.5) is 0 Å². The van der Waals surface area contributed by atoms with Crippen LogP contribution in [0.15, 0.2) is 11.0 Å². The maximum Gasteiger partial charge on any atom is 0.262 e. The molecule has 5 nitrogen and oxygen atoms in total. The molecule has 1 aliphatic rings. The average molecular weight is 260 g/mol. The van der Waals surface area contributed by atoms with Crippen LogP contribution in [-0.2, 0) is 13.0 Å². The smallest absolute Gasteiger partial charge is 0.262 e. The van der Waals surface area contributed by atoms with Gasteiger partial charge in [-0.1, -0.05) is 19.8 Å². The predicted octanol–water partition coefficient (Wildman–Crippen LogP) is 2.26. The van der Waals surface area contributed by atoms with Crippen LogP contribution in [0.3, 0.4) is 0 Å². The Morgan fingerprint density at radius 1 is 1.42 bits per heavy atom. The first-order valence-corrected chi connectivity index (χ1v) is 7.22. The van der Waals surface area contributed by atoms with Crippen molar-refractivity contribution in [2.24, 2.45) is 5.92 Å². The quantitative estimate of drug-likeness (QED) is 0.810. The van der Waals surface area contributed by atoms with Crippen molar-refractivity contribution in [3.63, 3.8) is 0 Å². The van der Waals surface area contributed by atoms with Gasteiger partial charge in [0.05, 0.1) is 6.20 Å². The highest BCUT2D eigenvalue weighted by molar-refractivity contribution is 5.73. The van der Waals surface area contributed by atoms with E-state index in [0.29, 0.717) is 5.39 Å². The summed E-state index contributed by atoms with van der Waals surface area (Å²) < 4.78 is 1.87. The van der Waals surface area contributed by atoms with Crippen molar-refractivity contribution in [1.29, 1.82) is 0 Å². The fourth-order valence-electron chi connectivity index (χ4n) is 2.38. The van der Waals surface area contributed by atoms with E-state index in [1.54, 1.807) is 6.20 Å². The fourth-order valence-corrected chi connectivity index (χ4v) is 2.38. The number of unbranched alkanes of at least 4 members (excludes halogenated alkanes) is 2. The van der Waals surface area contributed by atoms with Crippen LogP contribution in [0.2, 0.25) is 0 Å². The molecule has 0 radical (unpaired) electrons. The third kappa shape index (κ3) is 2.69. The first-order valence-electron chi connectivity index (χ1n) is 7.22. The minimum absolute atomic E-state index is 0.0533. The van der Waals surface area contributed by atoms with Crippen molar-refractivity contribution < 1.29 is 0 Å². The number of hydrogen-bond acceptors (Lipinski definition) is 3. The largest absolute Gasteiger partial charge is 0.310 e. The molecule has 19 heavy (non-hydrogen) atoms. The van der Waals surface area contributed by atoms with Gasteiger partial charge < -0.3 is 4.98 Å². The molecule has 0 amide bonds. The summed E-state index contributed by atoms with van der Waals surface area (Å²) in [6, 6.07) is 0. The fraction of sp³-hybridized carbons (Fsp3) is 0.643. The Kier molecular flexibility index (Phi) is 3.36. The van der Waals surface area contributed by atoms with E-state index in [-0.39, 0.29) is 5.56 Å². The summed E-state index contributed by atoms with van der Waals surface area (Å²) in [5.41, 5.74) is 0.692. The first-order chi connectivity index (χ1) is 9.28. The maximum atomic E-state index is 12.0. The number of aromatic amines is 1. The molecule has 0 bridgehead atoms. The van der Waals surface area contributed by atoms with E-state index in [2.05, 4.69) is 22.0 Å². The number of aryl methyl sites for hydroxylation is 1. The summed E-state index contributed by atoms with van der Waals surface area (Å²) in [5, 5.41) is 4.91. The van der Waals surface area contributed by atoms with E-state index < -0.39 is 0 Å². The lowest BCUT2D eigenvalue weighted by molar-refractivity contribution is 0.562. The van der Waals surface area contributed by atoms with Gasteiger partial charge in [-0.3, -0.25) is 4.79 Å². The zero-order valence-corrected chi connectivity index (χ0v) is 11.4.